The quantitative estimate of drug-likeness (QED) is 0.622. The summed E-state index contributed by atoms with van der Waals surface area (Å²) in [5.41, 5.74) is 6.19. The first-order valence-electron chi connectivity index (χ1n) is 7.12. The van der Waals surface area contributed by atoms with Crippen molar-refractivity contribution in [2.24, 2.45) is 5.10 Å². The van der Waals surface area contributed by atoms with Gasteiger partial charge in [0.1, 0.15) is 0 Å². The van der Waals surface area contributed by atoms with Crippen LogP contribution in [0.5, 0.6) is 0 Å². The SMILES string of the molecule is CCN(CC)c1ccc(/C=N/Nc2ccc(Cl)cc2)cc1. The Morgan fingerprint density at radius 3 is 2.19 bits per heavy atom. The lowest BCUT2D eigenvalue weighted by atomic mass is 10.2. The summed E-state index contributed by atoms with van der Waals surface area (Å²) in [6.07, 6.45) is 1.81. The van der Waals surface area contributed by atoms with Gasteiger partial charge in [0.15, 0.2) is 0 Å². The summed E-state index contributed by atoms with van der Waals surface area (Å²) < 4.78 is 0. The highest BCUT2D eigenvalue weighted by Crippen LogP contribution is 2.15. The maximum atomic E-state index is 5.84. The lowest BCUT2D eigenvalue weighted by Gasteiger charge is -2.20. The van der Waals surface area contributed by atoms with E-state index in [1.807, 2.05) is 24.3 Å². The molecule has 2 aromatic carbocycles. The number of hydrogen-bond acceptors (Lipinski definition) is 3. The maximum Gasteiger partial charge on any atom is 0.0562 e. The van der Waals surface area contributed by atoms with E-state index in [9.17, 15) is 0 Å². The highest BCUT2D eigenvalue weighted by atomic mass is 35.5. The van der Waals surface area contributed by atoms with Gasteiger partial charge in [-0.05, 0) is 55.8 Å². The minimum atomic E-state index is 0.719. The van der Waals surface area contributed by atoms with Crippen LogP contribution in [0, 0.1) is 0 Å². The van der Waals surface area contributed by atoms with Crippen molar-refractivity contribution in [2.75, 3.05) is 23.4 Å². The molecule has 1 N–H and O–H groups in total. The van der Waals surface area contributed by atoms with Gasteiger partial charge in [0, 0.05) is 23.8 Å². The first-order valence-corrected chi connectivity index (χ1v) is 7.50. The van der Waals surface area contributed by atoms with Gasteiger partial charge in [-0.25, -0.2) is 0 Å². The van der Waals surface area contributed by atoms with Crippen LogP contribution < -0.4 is 10.3 Å². The van der Waals surface area contributed by atoms with Gasteiger partial charge in [-0.15, -0.1) is 0 Å². The van der Waals surface area contributed by atoms with E-state index in [-0.39, 0.29) is 0 Å². The van der Waals surface area contributed by atoms with E-state index in [0.29, 0.717) is 0 Å². The zero-order chi connectivity index (χ0) is 15.1. The average Bonchev–Trinajstić information content (AvgIpc) is 2.52. The molecule has 0 unspecified atom stereocenters. The smallest absolute Gasteiger partial charge is 0.0562 e. The summed E-state index contributed by atoms with van der Waals surface area (Å²) in [5, 5.41) is 4.94. The number of benzene rings is 2. The van der Waals surface area contributed by atoms with Crippen molar-refractivity contribution in [3.63, 3.8) is 0 Å². The van der Waals surface area contributed by atoms with E-state index >= 15 is 0 Å². The van der Waals surface area contributed by atoms with Crippen molar-refractivity contribution in [3.8, 4) is 0 Å². The molecule has 2 rings (SSSR count). The molecule has 0 aromatic heterocycles. The van der Waals surface area contributed by atoms with Gasteiger partial charge in [0.25, 0.3) is 0 Å². The number of hydrogen-bond donors (Lipinski definition) is 1. The first-order chi connectivity index (χ1) is 10.2. The van der Waals surface area contributed by atoms with Gasteiger partial charge in [0.05, 0.1) is 11.9 Å². The Morgan fingerprint density at radius 2 is 1.62 bits per heavy atom. The standard InChI is InChI=1S/C17H20ClN3/c1-3-21(4-2)17-11-5-14(6-12-17)13-19-20-16-9-7-15(18)8-10-16/h5-13,20H,3-4H2,1-2H3/b19-13+. The normalized spacial score (nSPS) is 10.8. The Bertz CT molecular complexity index is 572. The number of anilines is 2. The van der Waals surface area contributed by atoms with E-state index in [1.54, 1.807) is 6.21 Å². The molecule has 0 saturated heterocycles. The van der Waals surface area contributed by atoms with Crippen LogP contribution in [0.1, 0.15) is 19.4 Å². The minimum Gasteiger partial charge on any atom is -0.372 e. The number of nitrogens with zero attached hydrogens (tertiary/aromatic N) is 2. The topological polar surface area (TPSA) is 27.6 Å². The van der Waals surface area contributed by atoms with E-state index < -0.39 is 0 Å². The van der Waals surface area contributed by atoms with E-state index in [0.717, 1.165) is 29.4 Å². The molecule has 0 fully saturated rings. The predicted molar refractivity (Wildman–Crippen MR) is 92.7 cm³/mol. The number of hydrazone groups is 1. The van der Waals surface area contributed by atoms with Crippen LogP contribution >= 0.6 is 11.6 Å². The third-order valence-corrected chi connectivity index (χ3v) is 3.53. The molecule has 0 aliphatic heterocycles. The van der Waals surface area contributed by atoms with Crippen molar-refractivity contribution in [1.82, 2.24) is 0 Å². The fraction of sp³-hybridized carbons (Fsp3) is 0.235. The van der Waals surface area contributed by atoms with Crippen LogP contribution in [0.3, 0.4) is 0 Å². The molecule has 0 atom stereocenters. The average molecular weight is 302 g/mol. The second-order valence-electron chi connectivity index (χ2n) is 4.64. The second-order valence-corrected chi connectivity index (χ2v) is 5.08. The van der Waals surface area contributed by atoms with E-state index in [2.05, 4.69) is 53.5 Å². The molecular formula is C17H20ClN3. The molecule has 0 radical (unpaired) electrons. The summed E-state index contributed by atoms with van der Waals surface area (Å²) in [4.78, 5) is 2.31. The van der Waals surface area contributed by atoms with Crippen LogP contribution in [0.4, 0.5) is 11.4 Å². The number of halogens is 1. The third-order valence-electron chi connectivity index (χ3n) is 3.27. The highest BCUT2D eigenvalue weighted by molar-refractivity contribution is 6.30. The largest absolute Gasteiger partial charge is 0.372 e. The predicted octanol–water partition coefficient (Wildman–Crippen LogP) is 4.63. The first kappa shape index (κ1) is 15.4. The maximum absolute atomic E-state index is 5.84. The fourth-order valence-electron chi connectivity index (χ4n) is 2.07. The summed E-state index contributed by atoms with van der Waals surface area (Å²) in [6.45, 7) is 6.36. The van der Waals surface area contributed by atoms with Gasteiger partial charge >= 0.3 is 0 Å². The van der Waals surface area contributed by atoms with E-state index in [1.165, 1.54) is 5.69 Å². The molecule has 0 spiro atoms. The zero-order valence-corrected chi connectivity index (χ0v) is 13.1. The van der Waals surface area contributed by atoms with Gasteiger partial charge < -0.3 is 4.90 Å². The van der Waals surface area contributed by atoms with Crippen molar-refractivity contribution in [1.29, 1.82) is 0 Å². The van der Waals surface area contributed by atoms with Crippen molar-refractivity contribution < 1.29 is 0 Å². The van der Waals surface area contributed by atoms with Gasteiger partial charge in [-0.3, -0.25) is 5.43 Å². The molecule has 3 nitrogen and oxygen atoms in total. The fourth-order valence-corrected chi connectivity index (χ4v) is 2.19. The molecule has 2 aromatic rings. The molecule has 0 bridgehead atoms. The van der Waals surface area contributed by atoms with Crippen molar-refractivity contribution in [3.05, 3.63) is 59.1 Å². The third kappa shape index (κ3) is 4.50. The van der Waals surface area contributed by atoms with Crippen LogP contribution in [0.15, 0.2) is 53.6 Å². The Morgan fingerprint density at radius 1 is 1.00 bits per heavy atom. The molecule has 4 heteroatoms. The van der Waals surface area contributed by atoms with Crippen molar-refractivity contribution >= 4 is 29.2 Å². The van der Waals surface area contributed by atoms with Crippen LogP contribution in [0.25, 0.3) is 0 Å². The van der Waals surface area contributed by atoms with Gasteiger partial charge in [-0.1, -0.05) is 23.7 Å². The lowest BCUT2D eigenvalue weighted by molar-refractivity contribution is 0.866. The second kappa shape index (κ2) is 7.70. The molecule has 0 aliphatic rings. The van der Waals surface area contributed by atoms with Crippen LogP contribution in [-0.4, -0.2) is 19.3 Å². The molecule has 0 saturated carbocycles. The summed E-state index contributed by atoms with van der Waals surface area (Å²) in [6, 6.07) is 15.8. The molecule has 110 valence electrons. The minimum absolute atomic E-state index is 0.719. The molecule has 0 aliphatic carbocycles. The molecular weight excluding hydrogens is 282 g/mol. The van der Waals surface area contributed by atoms with Crippen molar-refractivity contribution in [2.45, 2.75) is 13.8 Å². The monoisotopic (exact) mass is 301 g/mol. The summed E-state index contributed by atoms with van der Waals surface area (Å²) in [5.74, 6) is 0. The van der Waals surface area contributed by atoms with E-state index in [4.69, 9.17) is 11.6 Å². The van der Waals surface area contributed by atoms with Crippen LogP contribution in [0.2, 0.25) is 5.02 Å². The number of rotatable bonds is 6. The Balaban J connectivity index is 1.96. The van der Waals surface area contributed by atoms with Crippen LogP contribution in [-0.2, 0) is 0 Å². The number of nitrogens with one attached hydrogen (secondary N) is 1. The Kier molecular flexibility index (Phi) is 5.64. The molecule has 0 heterocycles. The Hall–Kier alpha value is -2.00. The Labute approximate surface area is 131 Å². The zero-order valence-electron chi connectivity index (χ0n) is 12.4. The highest BCUT2D eigenvalue weighted by Gasteiger charge is 2.00. The van der Waals surface area contributed by atoms with Gasteiger partial charge in [0.2, 0.25) is 0 Å². The summed E-state index contributed by atoms with van der Waals surface area (Å²) >= 11 is 5.84. The lowest BCUT2D eigenvalue weighted by Crippen LogP contribution is -2.21. The molecule has 21 heavy (non-hydrogen) atoms. The molecule has 0 amide bonds. The van der Waals surface area contributed by atoms with Gasteiger partial charge in [-0.2, -0.15) is 5.10 Å². The summed E-state index contributed by atoms with van der Waals surface area (Å²) in [7, 11) is 0.